The molecule has 0 saturated carbocycles. The highest BCUT2D eigenvalue weighted by molar-refractivity contribution is 6.24. The van der Waals surface area contributed by atoms with Crippen molar-refractivity contribution in [1.29, 1.82) is 0 Å². The predicted molar refractivity (Wildman–Crippen MR) is 208 cm³/mol. The van der Waals surface area contributed by atoms with Gasteiger partial charge in [0, 0.05) is 42.7 Å². The topological polar surface area (TPSA) is 201 Å². The monoisotopic (exact) mass is 777 g/mol. The maximum atomic E-state index is 13.3. The Balaban J connectivity index is 0.859. The zero-order valence-corrected chi connectivity index (χ0v) is 32.3. The van der Waals surface area contributed by atoms with Gasteiger partial charge in [0.05, 0.1) is 48.7 Å². The molecule has 16 nitrogen and oxygen atoms in total. The van der Waals surface area contributed by atoms with Crippen LogP contribution in [-0.4, -0.2) is 105 Å². The van der Waals surface area contributed by atoms with Crippen LogP contribution in [0.4, 0.5) is 11.4 Å². The molecule has 2 unspecified atom stereocenters. The van der Waals surface area contributed by atoms with Gasteiger partial charge in [-0.05, 0) is 68.3 Å². The summed E-state index contributed by atoms with van der Waals surface area (Å²) >= 11 is 0. The molecular weight excluding hydrogens is 731 g/mol. The van der Waals surface area contributed by atoms with Gasteiger partial charge < -0.3 is 20.3 Å². The Morgan fingerprint density at radius 2 is 1.77 bits per heavy atom. The zero-order valence-electron chi connectivity index (χ0n) is 32.3. The lowest BCUT2D eigenvalue weighted by atomic mass is 9.76. The van der Waals surface area contributed by atoms with Gasteiger partial charge in [0.15, 0.2) is 5.69 Å². The second-order valence-electron chi connectivity index (χ2n) is 15.7. The maximum absolute atomic E-state index is 13.3. The minimum absolute atomic E-state index is 0.0305. The number of piperidine rings is 1. The van der Waals surface area contributed by atoms with E-state index in [1.165, 1.54) is 18.2 Å². The standard InChI is InChI=1S/C41H47N9O7/c1-41(2)16-13-29-31(22-41)46-47-36(29)38(54)44-27-23-42-49(24-27)32(25-7-5-4-6-8-25)14-17-48(3)18-20-57-19-15-35(52)43-26-9-10-28-30(21-26)40(56)50(39(28)55)33-11-12-34(51)45-37(33)53/h4-10,21,23-24,32-33H,11-20,22H2,1-3H3,(H,43,52)(H,44,54)(H,46,47)(H,45,51,53). The van der Waals surface area contributed by atoms with Crippen LogP contribution in [0.3, 0.4) is 0 Å². The largest absolute Gasteiger partial charge is 0.380 e. The van der Waals surface area contributed by atoms with E-state index in [4.69, 9.17) is 4.74 Å². The lowest BCUT2D eigenvalue weighted by Crippen LogP contribution is -2.54. The first-order chi connectivity index (χ1) is 27.4. The molecule has 298 valence electrons. The molecule has 4 heterocycles. The minimum Gasteiger partial charge on any atom is -0.380 e. The van der Waals surface area contributed by atoms with Gasteiger partial charge in [-0.2, -0.15) is 10.2 Å². The Kier molecular flexibility index (Phi) is 11.4. The summed E-state index contributed by atoms with van der Waals surface area (Å²) in [5.74, 6) is -2.96. The number of aromatic amines is 1. The lowest BCUT2D eigenvalue weighted by molar-refractivity contribution is -0.136. The van der Waals surface area contributed by atoms with E-state index >= 15 is 0 Å². The number of hydrogen-bond donors (Lipinski definition) is 4. The fourth-order valence-corrected chi connectivity index (χ4v) is 7.64. The van der Waals surface area contributed by atoms with Gasteiger partial charge in [0.1, 0.15) is 6.04 Å². The summed E-state index contributed by atoms with van der Waals surface area (Å²) in [7, 11) is 2.00. The van der Waals surface area contributed by atoms with E-state index in [9.17, 15) is 28.8 Å². The third-order valence-electron chi connectivity index (χ3n) is 10.8. The van der Waals surface area contributed by atoms with Crippen molar-refractivity contribution in [3.05, 3.63) is 94.6 Å². The number of carbonyl (C=O) groups excluding carboxylic acids is 6. The zero-order chi connectivity index (χ0) is 40.3. The molecule has 3 aliphatic rings. The van der Waals surface area contributed by atoms with E-state index in [-0.39, 0.29) is 60.3 Å². The van der Waals surface area contributed by atoms with Gasteiger partial charge in [-0.3, -0.25) is 48.8 Å². The number of ether oxygens (including phenoxy) is 1. The molecule has 6 amide bonds. The summed E-state index contributed by atoms with van der Waals surface area (Å²) in [5.41, 5.74) is 4.88. The summed E-state index contributed by atoms with van der Waals surface area (Å²) in [5, 5.41) is 20.0. The molecule has 1 fully saturated rings. The molecular formula is C41H47N9O7. The fraction of sp³-hybridized carbons (Fsp3) is 0.415. The molecule has 1 saturated heterocycles. The van der Waals surface area contributed by atoms with Crippen LogP contribution in [0, 0.1) is 5.41 Å². The number of imide groups is 2. The van der Waals surface area contributed by atoms with Crippen LogP contribution in [0.25, 0.3) is 0 Å². The fourth-order valence-electron chi connectivity index (χ4n) is 7.64. The number of carbonyl (C=O) groups is 6. The Morgan fingerprint density at radius 1 is 0.982 bits per heavy atom. The molecule has 4 N–H and O–H groups in total. The van der Waals surface area contributed by atoms with E-state index < -0.39 is 29.7 Å². The Bertz CT molecular complexity index is 2190. The van der Waals surface area contributed by atoms with Crippen molar-refractivity contribution >= 4 is 46.8 Å². The third kappa shape index (κ3) is 8.86. The molecule has 2 aromatic heterocycles. The smallest absolute Gasteiger partial charge is 0.276 e. The number of nitrogens with one attached hydrogen (secondary N) is 4. The molecule has 0 spiro atoms. The lowest BCUT2D eigenvalue weighted by Gasteiger charge is -2.28. The molecule has 2 atom stereocenters. The molecule has 7 rings (SSSR count). The number of H-pyrrole nitrogens is 1. The van der Waals surface area contributed by atoms with Crippen LogP contribution >= 0.6 is 0 Å². The van der Waals surface area contributed by atoms with E-state index in [0.717, 1.165) is 53.9 Å². The highest BCUT2D eigenvalue weighted by Crippen LogP contribution is 2.35. The summed E-state index contributed by atoms with van der Waals surface area (Å²) < 4.78 is 7.65. The highest BCUT2D eigenvalue weighted by Gasteiger charge is 2.44. The molecule has 0 radical (unpaired) electrons. The summed E-state index contributed by atoms with van der Waals surface area (Å²) in [6, 6.07) is 13.3. The quantitative estimate of drug-likeness (QED) is 0.102. The number of benzene rings is 2. The van der Waals surface area contributed by atoms with Crippen molar-refractivity contribution in [3.8, 4) is 0 Å². The molecule has 1 aliphatic carbocycles. The SMILES string of the molecule is CN(CCOCCC(=O)Nc1ccc2c(c1)C(=O)N(C1CCC(=O)NC1=O)C2=O)CCC(c1ccccc1)n1cc(NC(=O)c2n[nH]c3c2CCC(C)(C)C3)cn1. The summed E-state index contributed by atoms with van der Waals surface area (Å²) in [4.78, 5) is 78.9. The number of fused-ring (bicyclic) bond motifs is 2. The summed E-state index contributed by atoms with van der Waals surface area (Å²) in [6.45, 7) is 6.38. The van der Waals surface area contributed by atoms with Crippen LogP contribution in [0.15, 0.2) is 60.9 Å². The average Bonchev–Trinajstić information content (AvgIpc) is 3.87. The van der Waals surface area contributed by atoms with E-state index in [0.29, 0.717) is 30.2 Å². The number of amides is 6. The van der Waals surface area contributed by atoms with Crippen LogP contribution in [-0.2, 0) is 32.0 Å². The summed E-state index contributed by atoms with van der Waals surface area (Å²) in [6.07, 6.45) is 7.09. The second-order valence-corrected chi connectivity index (χ2v) is 15.7. The van der Waals surface area contributed by atoms with Crippen molar-refractivity contribution in [3.63, 3.8) is 0 Å². The van der Waals surface area contributed by atoms with Crippen molar-refractivity contribution in [1.82, 2.24) is 35.1 Å². The van der Waals surface area contributed by atoms with Gasteiger partial charge in [-0.25, -0.2) is 0 Å². The Labute approximate surface area is 329 Å². The number of rotatable bonds is 15. The Hall–Kier alpha value is -6.00. The van der Waals surface area contributed by atoms with Crippen molar-refractivity contribution in [2.24, 2.45) is 5.41 Å². The van der Waals surface area contributed by atoms with E-state index in [1.54, 1.807) is 6.20 Å². The predicted octanol–water partition coefficient (Wildman–Crippen LogP) is 3.73. The van der Waals surface area contributed by atoms with Crippen molar-refractivity contribution < 1.29 is 33.5 Å². The van der Waals surface area contributed by atoms with Gasteiger partial charge in [0.2, 0.25) is 17.7 Å². The second kappa shape index (κ2) is 16.6. The first kappa shape index (κ1) is 39.2. The van der Waals surface area contributed by atoms with Crippen molar-refractivity contribution in [2.45, 2.75) is 70.9 Å². The van der Waals surface area contributed by atoms with Crippen LogP contribution < -0.4 is 16.0 Å². The maximum Gasteiger partial charge on any atom is 0.276 e. The normalized spacial score (nSPS) is 18.0. The molecule has 16 heteroatoms. The molecule has 2 aromatic carbocycles. The highest BCUT2D eigenvalue weighted by atomic mass is 16.5. The van der Waals surface area contributed by atoms with Gasteiger partial charge in [0.25, 0.3) is 17.7 Å². The first-order valence-electron chi connectivity index (χ1n) is 19.3. The Morgan fingerprint density at radius 3 is 2.56 bits per heavy atom. The third-order valence-corrected chi connectivity index (χ3v) is 10.8. The van der Waals surface area contributed by atoms with Gasteiger partial charge in [-0.15, -0.1) is 0 Å². The van der Waals surface area contributed by atoms with E-state index in [1.807, 2.05) is 36.1 Å². The van der Waals surface area contributed by atoms with Gasteiger partial charge >= 0.3 is 0 Å². The van der Waals surface area contributed by atoms with Crippen LogP contribution in [0.5, 0.6) is 0 Å². The van der Waals surface area contributed by atoms with Gasteiger partial charge in [-0.1, -0.05) is 44.2 Å². The molecule has 0 bridgehead atoms. The van der Waals surface area contributed by atoms with Crippen LogP contribution in [0.1, 0.15) is 100 Å². The van der Waals surface area contributed by atoms with Crippen LogP contribution in [0.2, 0.25) is 0 Å². The minimum atomic E-state index is -1.06. The molecule has 2 aliphatic heterocycles. The number of anilines is 2. The van der Waals surface area contributed by atoms with E-state index in [2.05, 4.69) is 62.1 Å². The molecule has 4 aromatic rings. The first-order valence-corrected chi connectivity index (χ1v) is 19.3. The number of nitrogens with zero attached hydrogens (tertiary/aromatic N) is 5. The van der Waals surface area contributed by atoms with Crippen molar-refractivity contribution in [2.75, 3.05) is 44.0 Å². The average molecular weight is 778 g/mol. The number of aromatic nitrogens is 4. The molecule has 57 heavy (non-hydrogen) atoms. The number of likely N-dealkylation sites (N-methyl/N-ethyl adjacent to an activating group) is 1. The number of hydrogen-bond acceptors (Lipinski definition) is 10.